The van der Waals surface area contributed by atoms with Crippen molar-refractivity contribution in [2.45, 2.75) is 37.4 Å². The lowest BCUT2D eigenvalue weighted by Crippen LogP contribution is -2.60. The van der Waals surface area contributed by atoms with Crippen molar-refractivity contribution in [3.63, 3.8) is 0 Å². The van der Waals surface area contributed by atoms with E-state index in [1.165, 1.54) is 43.5 Å². The van der Waals surface area contributed by atoms with Crippen LogP contribution in [0.3, 0.4) is 0 Å². The highest BCUT2D eigenvalue weighted by Gasteiger charge is 2.45. The van der Waals surface area contributed by atoms with Gasteiger partial charge in [-0.15, -0.1) is 12.4 Å². The first-order chi connectivity index (χ1) is 10.9. The molecule has 0 aliphatic carbocycles. The molecular weight excluding hydrogens is 306 g/mol. The number of hydrogen-bond donors (Lipinski definition) is 1. The van der Waals surface area contributed by atoms with Gasteiger partial charge < -0.3 is 0 Å². The molecule has 3 aliphatic heterocycles. The number of benzene rings is 1. The number of nitrogens with one attached hydrogen (secondary N) is 1. The van der Waals surface area contributed by atoms with E-state index in [-0.39, 0.29) is 12.4 Å². The summed E-state index contributed by atoms with van der Waals surface area (Å²) in [6.45, 7) is 3.34. The average Bonchev–Trinajstić information content (AvgIpc) is 2.63. The normalized spacial score (nSPS) is 29.0. The lowest BCUT2D eigenvalue weighted by molar-refractivity contribution is 0.00827. The first kappa shape index (κ1) is 16.4. The average molecular weight is 330 g/mol. The number of rotatable bonds is 4. The molecule has 1 unspecified atom stereocenters. The van der Waals surface area contributed by atoms with Crippen LogP contribution in [0.1, 0.15) is 30.4 Å². The molecule has 3 fully saturated rings. The van der Waals surface area contributed by atoms with Crippen molar-refractivity contribution in [3.05, 3.63) is 66.0 Å². The molecule has 0 amide bonds. The van der Waals surface area contributed by atoms with Crippen LogP contribution in [0.15, 0.2) is 54.9 Å². The minimum absolute atomic E-state index is 0. The van der Waals surface area contributed by atoms with Crippen molar-refractivity contribution in [2.24, 2.45) is 0 Å². The van der Waals surface area contributed by atoms with E-state index < -0.39 is 0 Å². The molecule has 3 saturated heterocycles. The predicted octanol–water partition coefficient (Wildman–Crippen LogP) is 3.36. The third-order valence-electron chi connectivity index (χ3n) is 5.44. The molecule has 0 saturated carbocycles. The Morgan fingerprint density at radius 1 is 1.09 bits per heavy atom. The largest absolute Gasteiger partial charge is 0.298 e. The Balaban J connectivity index is 0.00000156. The molecule has 1 atom stereocenters. The zero-order valence-corrected chi connectivity index (χ0v) is 14.1. The van der Waals surface area contributed by atoms with Gasteiger partial charge in [-0.05, 0) is 36.5 Å². The highest BCUT2D eigenvalue weighted by molar-refractivity contribution is 5.85. The second-order valence-electron chi connectivity index (χ2n) is 6.64. The van der Waals surface area contributed by atoms with E-state index in [1.807, 2.05) is 6.20 Å². The summed E-state index contributed by atoms with van der Waals surface area (Å²) in [5.74, 6) is 0. The van der Waals surface area contributed by atoms with Crippen molar-refractivity contribution in [1.82, 2.24) is 15.2 Å². The van der Waals surface area contributed by atoms with Gasteiger partial charge in [0.15, 0.2) is 0 Å². The third kappa shape index (κ3) is 3.27. The van der Waals surface area contributed by atoms with Gasteiger partial charge in [0.25, 0.3) is 0 Å². The van der Waals surface area contributed by atoms with Gasteiger partial charge in [-0.3, -0.25) is 15.2 Å². The SMILES string of the molecule is Cl.c1ccc(CNC2CC3(c4cccnc4)CCN2CC3)cc1. The van der Waals surface area contributed by atoms with Crippen LogP contribution in [-0.4, -0.2) is 29.1 Å². The summed E-state index contributed by atoms with van der Waals surface area (Å²) in [5.41, 5.74) is 3.12. The number of hydrogen-bond acceptors (Lipinski definition) is 3. The first-order valence-electron chi connectivity index (χ1n) is 8.28. The molecule has 0 radical (unpaired) electrons. The van der Waals surface area contributed by atoms with Crippen LogP contribution in [0.25, 0.3) is 0 Å². The standard InChI is InChI=1S/C19H23N3.ClH/c1-2-5-16(6-3-1)14-21-18-13-19(8-11-22(18)12-9-19)17-7-4-10-20-15-17;/h1-7,10,15,18,21H,8-9,11-14H2;1H. The maximum absolute atomic E-state index is 4.35. The Bertz CT molecular complexity index is 609. The van der Waals surface area contributed by atoms with E-state index in [9.17, 15) is 0 Å². The third-order valence-corrected chi connectivity index (χ3v) is 5.44. The van der Waals surface area contributed by atoms with Gasteiger partial charge in [-0.2, -0.15) is 0 Å². The number of fused-ring (bicyclic) bond motifs is 3. The van der Waals surface area contributed by atoms with Crippen molar-refractivity contribution in [3.8, 4) is 0 Å². The van der Waals surface area contributed by atoms with E-state index in [0.717, 1.165) is 6.54 Å². The molecule has 5 rings (SSSR count). The minimum Gasteiger partial charge on any atom is -0.298 e. The minimum atomic E-state index is 0. The summed E-state index contributed by atoms with van der Waals surface area (Å²) in [6.07, 6.45) is 8.18. The summed E-state index contributed by atoms with van der Waals surface area (Å²) in [4.78, 5) is 6.97. The van der Waals surface area contributed by atoms with E-state index >= 15 is 0 Å². The number of aromatic nitrogens is 1. The molecule has 2 aromatic rings. The monoisotopic (exact) mass is 329 g/mol. The number of pyridine rings is 1. The molecule has 122 valence electrons. The fraction of sp³-hybridized carbons (Fsp3) is 0.421. The van der Waals surface area contributed by atoms with Crippen molar-refractivity contribution in [1.29, 1.82) is 0 Å². The fourth-order valence-electron chi connectivity index (χ4n) is 4.08. The van der Waals surface area contributed by atoms with Crippen LogP contribution < -0.4 is 5.32 Å². The van der Waals surface area contributed by atoms with Gasteiger partial charge in [-0.25, -0.2) is 0 Å². The maximum atomic E-state index is 4.35. The van der Waals surface area contributed by atoms with E-state index in [1.54, 1.807) is 0 Å². The Morgan fingerprint density at radius 3 is 2.57 bits per heavy atom. The molecule has 2 bridgehead atoms. The topological polar surface area (TPSA) is 28.2 Å². The number of piperidine rings is 3. The van der Waals surface area contributed by atoms with Gasteiger partial charge in [-0.1, -0.05) is 36.4 Å². The second kappa shape index (κ2) is 7.00. The molecule has 23 heavy (non-hydrogen) atoms. The molecule has 4 heterocycles. The quantitative estimate of drug-likeness (QED) is 0.932. The Kier molecular flexibility index (Phi) is 5.00. The molecule has 3 nitrogen and oxygen atoms in total. The second-order valence-corrected chi connectivity index (χ2v) is 6.64. The van der Waals surface area contributed by atoms with Crippen LogP contribution >= 0.6 is 12.4 Å². The molecule has 3 aliphatic rings. The molecular formula is C19H24ClN3. The fourth-order valence-corrected chi connectivity index (χ4v) is 4.08. The molecule has 1 aromatic carbocycles. The van der Waals surface area contributed by atoms with Gasteiger partial charge in [0.2, 0.25) is 0 Å². The van der Waals surface area contributed by atoms with Crippen molar-refractivity contribution >= 4 is 12.4 Å². The van der Waals surface area contributed by atoms with Crippen LogP contribution in [-0.2, 0) is 12.0 Å². The van der Waals surface area contributed by atoms with Crippen LogP contribution in [0.2, 0.25) is 0 Å². The summed E-state index contributed by atoms with van der Waals surface area (Å²) >= 11 is 0. The predicted molar refractivity (Wildman–Crippen MR) is 95.7 cm³/mol. The van der Waals surface area contributed by atoms with E-state index in [0.29, 0.717) is 11.6 Å². The lowest BCUT2D eigenvalue weighted by Gasteiger charge is -2.53. The zero-order valence-electron chi connectivity index (χ0n) is 13.3. The molecule has 1 N–H and O–H groups in total. The Labute approximate surface area is 144 Å². The number of halogens is 1. The summed E-state index contributed by atoms with van der Waals surface area (Å²) in [7, 11) is 0. The maximum Gasteiger partial charge on any atom is 0.0608 e. The van der Waals surface area contributed by atoms with Gasteiger partial charge in [0.05, 0.1) is 6.17 Å². The summed E-state index contributed by atoms with van der Waals surface area (Å²) in [6, 6.07) is 15.0. The summed E-state index contributed by atoms with van der Waals surface area (Å²) in [5, 5.41) is 3.77. The molecule has 1 aromatic heterocycles. The highest BCUT2D eigenvalue weighted by Crippen LogP contribution is 2.44. The summed E-state index contributed by atoms with van der Waals surface area (Å²) < 4.78 is 0. The molecule has 4 heteroatoms. The smallest absolute Gasteiger partial charge is 0.0608 e. The number of nitrogens with zero attached hydrogens (tertiary/aromatic N) is 2. The van der Waals surface area contributed by atoms with E-state index in [4.69, 9.17) is 0 Å². The highest BCUT2D eigenvalue weighted by atomic mass is 35.5. The van der Waals surface area contributed by atoms with Crippen LogP contribution in [0.5, 0.6) is 0 Å². The molecule has 0 spiro atoms. The first-order valence-corrected chi connectivity index (χ1v) is 8.28. The Morgan fingerprint density at radius 2 is 1.87 bits per heavy atom. The van der Waals surface area contributed by atoms with Crippen molar-refractivity contribution in [2.75, 3.05) is 13.1 Å². The van der Waals surface area contributed by atoms with Crippen LogP contribution in [0.4, 0.5) is 0 Å². The van der Waals surface area contributed by atoms with E-state index in [2.05, 4.69) is 63.9 Å². The van der Waals surface area contributed by atoms with Crippen LogP contribution in [0, 0.1) is 0 Å². The van der Waals surface area contributed by atoms with Gasteiger partial charge in [0.1, 0.15) is 0 Å². The van der Waals surface area contributed by atoms with Crippen molar-refractivity contribution < 1.29 is 0 Å². The van der Waals surface area contributed by atoms with Gasteiger partial charge >= 0.3 is 0 Å². The van der Waals surface area contributed by atoms with Gasteiger partial charge in [0, 0.05) is 37.4 Å². The Hall–Kier alpha value is -1.42. The lowest BCUT2D eigenvalue weighted by atomic mass is 9.67. The zero-order chi connectivity index (χ0) is 14.8.